The largest absolute Gasteiger partial charge is 0.433 e. The number of rotatable bonds is 1. The predicted molar refractivity (Wildman–Crippen MR) is 64.7 cm³/mol. The summed E-state index contributed by atoms with van der Waals surface area (Å²) in [5, 5.41) is 0.926. The highest BCUT2D eigenvalue weighted by molar-refractivity contribution is 8.97. The zero-order chi connectivity index (χ0) is 9.97. The van der Waals surface area contributed by atoms with Crippen molar-refractivity contribution >= 4 is 40.5 Å². The molecule has 0 amide bonds. The average molecular weight is 247 g/mol. The van der Waals surface area contributed by atoms with Crippen LogP contribution in [0.2, 0.25) is 0 Å². The standard InChI is InChI=1S/C8H7ClN2OS2/c9-14-8(11-7(10)13-14)12-6-4-2-1-3-5-6/h1-5H,(H2,10,11). The Morgan fingerprint density at radius 1 is 1.36 bits per heavy atom. The number of hydrogen-bond acceptors (Lipinski definition) is 4. The molecule has 74 valence electrons. The number of ether oxygens (including phenoxy) is 1. The highest BCUT2D eigenvalue weighted by atomic mass is 35.7. The molecule has 0 spiro atoms. The van der Waals surface area contributed by atoms with Crippen LogP contribution in [0.5, 0.6) is 5.75 Å². The third-order valence-corrected chi connectivity index (χ3v) is 4.65. The van der Waals surface area contributed by atoms with Gasteiger partial charge in [-0.2, -0.15) is 4.99 Å². The van der Waals surface area contributed by atoms with E-state index in [1.54, 1.807) is 0 Å². The lowest BCUT2D eigenvalue weighted by Crippen LogP contribution is -2.07. The molecule has 6 heteroatoms. The summed E-state index contributed by atoms with van der Waals surface area (Å²) in [5.74, 6) is 0.722. The van der Waals surface area contributed by atoms with Gasteiger partial charge in [-0.25, -0.2) is 0 Å². The van der Waals surface area contributed by atoms with Crippen LogP contribution in [-0.4, -0.2) is 10.3 Å². The van der Waals surface area contributed by atoms with Crippen molar-refractivity contribution < 1.29 is 4.74 Å². The molecule has 1 aliphatic heterocycles. The normalized spacial score (nSPS) is 20.8. The number of halogens is 1. The minimum absolute atomic E-state index is 0.453. The van der Waals surface area contributed by atoms with Gasteiger partial charge in [0, 0.05) is 8.73 Å². The molecular formula is C8H7ClN2OS2. The monoisotopic (exact) mass is 246 g/mol. The number of aliphatic imine (C=N–C) groups is 1. The molecule has 0 saturated heterocycles. The zero-order valence-electron chi connectivity index (χ0n) is 7.01. The van der Waals surface area contributed by atoms with Crippen LogP contribution in [0.25, 0.3) is 0 Å². The van der Waals surface area contributed by atoms with Gasteiger partial charge in [0.1, 0.15) is 5.75 Å². The molecule has 0 radical (unpaired) electrons. The van der Waals surface area contributed by atoms with Crippen molar-refractivity contribution in [1.29, 1.82) is 0 Å². The zero-order valence-corrected chi connectivity index (χ0v) is 9.40. The molecule has 3 nitrogen and oxygen atoms in total. The fourth-order valence-corrected chi connectivity index (χ4v) is 3.40. The Hall–Kier alpha value is -0.650. The van der Waals surface area contributed by atoms with Gasteiger partial charge in [0.25, 0.3) is 5.17 Å². The van der Waals surface area contributed by atoms with Gasteiger partial charge in [0.2, 0.25) is 0 Å². The van der Waals surface area contributed by atoms with Crippen molar-refractivity contribution in [3.8, 4) is 5.75 Å². The van der Waals surface area contributed by atoms with Crippen LogP contribution < -0.4 is 10.5 Å². The summed E-state index contributed by atoms with van der Waals surface area (Å²) in [7, 11) is 6.68. The molecule has 1 unspecified atom stereocenters. The van der Waals surface area contributed by atoms with Gasteiger partial charge >= 0.3 is 0 Å². The first kappa shape index (κ1) is 9.89. The van der Waals surface area contributed by atoms with Crippen LogP contribution in [0.3, 0.4) is 0 Å². The topological polar surface area (TPSA) is 47.6 Å². The Labute approximate surface area is 92.1 Å². The van der Waals surface area contributed by atoms with E-state index in [9.17, 15) is 0 Å². The molecule has 1 aromatic rings. The molecule has 0 saturated carbocycles. The molecule has 0 aliphatic carbocycles. The van der Waals surface area contributed by atoms with Crippen molar-refractivity contribution in [1.82, 2.24) is 0 Å². The van der Waals surface area contributed by atoms with E-state index in [1.165, 1.54) is 10.8 Å². The Balaban J connectivity index is 2.16. The molecule has 0 aromatic heterocycles. The first-order valence-electron chi connectivity index (χ1n) is 3.78. The van der Waals surface area contributed by atoms with E-state index in [0.29, 0.717) is 10.3 Å². The van der Waals surface area contributed by atoms with E-state index in [1.807, 2.05) is 30.3 Å². The molecule has 1 aromatic carbocycles. The molecule has 0 bridgehead atoms. The molecule has 1 heterocycles. The summed E-state index contributed by atoms with van der Waals surface area (Å²) in [4.78, 5) is 4.00. The summed E-state index contributed by atoms with van der Waals surface area (Å²) >= 11 is 0. The third kappa shape index (κ3) is 2.23. The minimum Gasteiger partial charge on any atom is -0.433 e. The van der Waals surface area contributed by atoms with E-state index < -0.39 is 8.73 Å². The summed E-state index contributed by atoms with van der Waals surface area (Å²) in [5.41, 5.74) is 5.50. The summed E-state index contributed by atoms with van der Waals surface area (Å²) in [6.45, 7) is 0. The Morgan fingerprint density at radius 2 is 2.07 bits per heavy atom. The lowest BCUT2D eigenvalue weighted by molar-refractivity contribution is 0.558. The van der Waals surface area contributed by atoms with Gasteiger partial charge in [-0.3, -0.25) is 0 Å². The summed E-state index contributed by atoms with van der Waals surface area (Å²) < 4.78 is 5.47. The van der Waals surface area contributed by atoms with Crippen LogP contribution in [0, 0.1) is 0 Å². The highest BCUT2D eigenvalue weighted by Crippen LogP contribution is 2.41. The van der Waals surface area contributed by atoms with Gasteiger partial charge in [0.05, 0.1) is 0 Å². The third-order valence-electron chi connectivity index (χ3n) is 1.45. The van der Waals surface area contributed by atoms with Gasteiger partial charge in [-0.05, 0) is 33.6 Å². The fourth-order valence-electron chi connectivity index (χ4n) is 0.900. The highest BCUT2D eigenvalue weighted by Gasteiger charge is 2.16. The van der Waals surface area contributed by atoms with Gasteiger partial charge in [-0.1, -0.05) is 18.2 Å². The lowest BCUT2D eigenvalue weighted by Gasteiger charge is -2.02. The van der Waals surface area contributed by atoms with E-state index in [-0.39, 0.29) is 0 Å². The van der Waals surface area contributed by atoms with E-state index >= 15 is 0 Å². The number of hydrogen-bond donors (Lipinski definition) is 1. The second kappa shape index (κ2) is 4.25. The van der Waals surface area contributed by atoms with Crippen LogP contribution in [0.1, 0.15) is 0 Å². The Morgan fingerprint density at radius 3 is 2.64 bits per heavy atom. The average Bonchev–Trinajstić information content (AvgIpc) is 2.47. The van der Waals surface area contributed by atoms with Crippen molar-refractivity contribution in [3.63, 3.8) is 0 Å². The summed E-state index contributed by atoms with van der Waals surface area (Å²) in [6, 6.07) is 9.37. The fraction of sp³-hybridized carbons (Fsp3) is 0. The SMILES string of the molecule is NC1=NC(Oc2ccccc2)=S(Cl)S1. The lowest BCUT2D eigenvalue weighted by atomic mass is 10.3. The van der Waals surface area contributed by atoms with Gasteiger partial charge in [-0.15, -0.1) is 0 Å². The van der Waals surface area contributed by atoms with Gasteiger partial charge in [0.15, 0.2) is 5.17 Å². The summed E-state index contributed by atoms with van der Waals surface area (Å²) in [6.07, 6.45) is 0. The van der Waals surface area contributed by atoms with E-state index in [2.05, 4.69) is 4.99 Å². The molecular weight excluding hydrogens is 240 g/mol. The van der Waals surface area contributed by atoms with Crippen LogP contribution in [-0.2, 0) is 0 Å². The van der Waals surface area contributed by atoms with Crippen LogP contribution in [0.4, 0.5) is 0 Å². The quantitative estimate of drug-likeness (QED) is 0.612. The molecule has 0 fully saturated rings. The minimum atomic E-state index is -0.587. The number of amidine groups is 1. The maximum Gasteiger partial charge on any atom is 0.274 e. The molecule has 2 rings (SSSR count). The first-order chi connectivity index (χ1) is 6.75. The Kier molecular flexibility index (Phi) is 3.00. The Bertz CT molecular complexity index is 405. The molecule has 1 aliphatic rings. The molecule has 14 heavy (non-hydrogen) atoms. The maximum atomic E-state index is 5.96. The molecule has 2 N–H and O–H groups in total. The number of nitrogens with zero attached hydrogens (tertiary/aromatic N) is 1. The second-order valence-corrected chi connectivity index (χ2v) is 6.79. The molecule has 1 atom stereocenters. The second-order valence-electron chi connectivity index (χ2n) is 2.44. The predicted octanol–water partition coefficient (Wildman–Crippen LogP) is 2.55. The first-order valence-corrected chi connectivity index (χ1v) is 7.17. The van der Waals surface area contributed by atoms with E-state index in [0.717, 1.165) is 5.75 Å². The number of nitrogens with two attached hydrogens (primary N) is 1. The van der Waals surface area contributed by atoms with Crippen molar-refractivity contribution in [3.05, 3.63) is 30.3 Å². The van der Waals surface area contributed by atoms with Crippen LogP contribution in [0.15, 0.2) is 35.3 Å². The van der Waals surface area contributed by atoms with Crippen molar-refractivity contribution in [2.24, 2.45) is 10.7 Å². The maximum absolute atomic E-state index is 5.96. The number of para-hydroxylation sites is 1. The van der Waals surface area contributed by atoms with Gasteiger partial charge < -0.3 is 10.5 Å². The smallest absolute Gasteiger partial charge is 0.274 e. The van der Waals surface area contributed by atoms with Crippen LogP contribution >= 0.6 is 30.2 Å². The van der Waals surface area contributed by atoms with Crippen molar-refractivity contribution in [2.75, 3.05) is 0 Å². The number of benzene rings is 1. The van der Waals surface area contributed by atoms with E-state index in [4.69, 9.17) is 21.2 Å². The van der Waals surface area contributed by atoms with Crippen molar-refractivity contribution in [2.45, 2.75) is 0 Å².